The molecule has 216 valence electrons. The lowest BCUT2D eigenvalue weighted by Crippen LogP contribution is -2.44. The lowest BCUT2D eigenvalue weighted by Gasteiger charge is -2.28. The second kappa shape index (κ2) is 16.7. The number of nitrogens with zero attached hydrogens (tertiary/aromatic N) is 3. The molecule has 0 aliphatic rings. The molecule has 0 radical (unpaired) electrons. The van der Waals surface area contributed by atoms with Crippen LogP contribution >= 0.6 is 0 Å². The lowest BCUT2D eigenvalue weighted by atomic mass is 10.2. The number of hydrogen-bond donors (Lipinski definition) is 2. The highest BCUT2D eigenvalue weighted by Gasteiger charge is 2.33. The van der Waals surface area contributed by atoms with E-state index in [-0.39, 0.29) is 25.6 Å². The summed E-state index contributed by atoms with van der Waals surface area (Å²) < 4.78 is 31.7. The van der Waals surface area contributed by atoms with Gasteiger partial charge in [0.15, 0.2) is 5.82 Å². The third-order valence-electron chi connectivity index (χ3n) is 3.93. The van der Waals surface area contributed by atoms with E-state index in [9.17, 15) is 14.4 Å². The van der Waals surface area contributed by atoms with E-state index in [2.05, 4.69) is 15.3 Å². The predicted molar refractivity (Wildman–Crippen MR) is 136 cm³/mol. The summed E-state index contributed by atoms with van der Waals surface area (Å²) in [5.74, 6) is -0.652. The van der Waals surface area contributed by atoms with E-state index in [4.69, 9.17) is 33.5 Å². The van der Waals surface area contributed by atoms with Gasteiger partial charge in [0, 0.05) is 12.6 Å². The summed E-state index contributed by atoms with van der Waals surface area (Å²) in [5, 5.41) is 11.5. The molecule has 14 heteroatoms. The van der Waals surface area contributed by atoms with Crippen LogP contribution in [0.3, 0.4) is 0 Å². The van der Waals surface area contributed by atoms with Gasteiger partial charge in [-0.2, -0.15) is 4.90 Å². The molecule has 1 aromatic rings. The summed E-state index contributed by atoms with van der Waals surface area (Å²) in [6.45, 7) is 12.5. The number of aromatic nitrogens is 2. The number of carboxylic acids is 1. The first-order chi connectivity index (χ1) is 17.8. The number of ether oxygens (including phenoxy) is 6. The van der Waals surface area contributed by atoms with Crippen molar-refractivity contribution >= 4 is 29.8 Å². The molecule has 0 fully saturated rings. The van der Waals surface area contributed by atoms with Gasteiger partial charge in [0.05, 0.1) is 46.2 Å². The first kappa shape index (κ1) is 33.0. The predicted octanol–water partition coefficient (Wildman–Crippen LogP) is 2.72. The van der Waals surface area contributed by atoms with Crippen LogP contribution in [0.25, 0.3) is 0 Å². The zero-order valence-electron chi connectivity index (χ0n) is 23.0. The molecule has 2 amide bonds. The number of amides is 2. The monoisotopic (exact) mass is 544 g/mol. The quantitative estimate of drug-likeness (QED) is 0.292. The van der Waals surface area contributed by atoms with Crippen LogP contribution in [0.15, 0.2) is 12.4 Å². The van der Waals surface area contributed by atoms with E-state index >= 15 is 0 Å². The number of carbonyl (C=O) groups excluding carboxylic acids is 2. The Morgan fingerprint density at radius 3 is 1.74 bits per heavy atom. The fourth-order valence-corrected chi connectivity index (χ4v) is 2.51. The number of anilines is 2. The number of carbonyl (C=O) groups is 3. The SMILES string of the molecule is CC(C)(C)OC(=O)N(C(=O)OC(C)(C)C)c1cc(NCCOCCOCCOCCOCC(=O)O)ncn1. The van der Waals surface area contributed by atoms with Crippen LogP contribution in [0.5, 0.6) is 0 Å². The number of nitrogens with one attached hydrogen (secondary N) is 1. The van der Waals surface area contributed by atoms with Crippen molar-refractivity contribution in [3.8, 4) is 0 Å². The Hall–Kier alpha value is -3.07. The molecule has 0 saturated heterocycles. The number of aliphatic carboxylic acids is 1. The maximum atomic E-state index is 12.8. The number of imide groups is 1. The van der Waals surface area contributed by atoms with Crippen molar-refractivity contribution < 1.29 is 47.9 Å². The molecular formula is C24H40N4O10. The van der Waals surface area contributed by atoms with Crippen molar-refractivity contribution in [2.24, 2.45) is 0 Å². The molecule has 0 bridgehead atoms. The first-order valence-electron chi connectivity index (χ1n) is 12.1. The Morgan fingerprint density at radius 2 is 1.26 bits per heavy atom. The Kier molecular flexibility index (Phi) is 14.5. The van der Waals surface area contributed by atoms with Gasteiger partial charge < -0.3 is 38.8 Å². The zero-order valence-corrected chi connectivity index (χ0v) is 23.0. The van der Waals surface area contributed by atoms with Crippen LogP contribution in [0, 0.1) is 0 Å². The Bertz CT molecular complexity index is 842. The second-order valence-corrected chi connectivity index (χ2v) is 9.77. The molecule has 1 aromatic heterocycles. The highest BCUT2D eigenvalue weighted by molar-refractivity contribution is 6.08. The fraction of sp³-hybridized carbons (Fsp3) is 0.708. The molecule has 0 aliphatic carbocycles. The molecule has 14 nitrogen and oxygen atoms in total. The zero-order chi connectivity index (χ0) is 28.6. The largest absolute Gasteiger partial charge is 0.480 e. The molecule has 0 saturated carbocycles. The van der Waals surface area contributed by atoms with Gasteiger partial charge in [-0.05, 0) is 41.5 Å². The summed E-state index contributed by atoms with van der Waals surface area (Å²) in [6.07, 6.45) is -0.623. The van der Waals surface area contributed by atoms with Crippen molar-refractivity contribution in [1.29, 1.82) is 0 Å². The fourth-order valence-electron chi connectivity index (χ4n) is 2.51. The van der Waals surface area contributed by atoms with Crippen LogP contribution in [0.4, 0.5) is 21.2 Å². The molecule has 0 spiro atoms. The Morgan fingerprint density at radius 1 is 0.789 bits per heavy atom. The van der Waals surface area contributed by atoms with Gasteiger partial charge in [-0.1, -0.05) is 0 Å². The first-order valence-corrected chi connectivity index (χ1v) is 12.1. The van der Waals surface area contributed by atoms with E-state index in [0.29, 0.717) is 45.4 Å². The molecule has 1 rings (SSSR count). The minimum Gasteiger partial charge on any atom is -0.480 e. The Labute approximate surface area is 222 Å². The standard InChI is InChI=1S/C24H40N4O10/c1-23(2,3)37-21(31)28(22(32)38-24(4,5)6)19-15-18(26-17-27-19)25-7-8-33-9-10-34-11-12-35-13-14-36-16-20(29)30/h15,17H,7-14,16H2,1-6H3,(H,29,30)(H,25,26,27). The minimum absolute atomic E-state index is 0.00372. The average Bonchev–Trinajstić information content (AvgIpc) is 2.77. The highest BCUT2D eigenvalue weighted by atomic mass is 16.6. The molecule has 0 aromatic carbocycles. The van der Waals surface area contributed by atoms with E-state index in [1.165, 1.54) is 12.4 Å². The van der Waals surface area contributed by atoms with Gasteiger partial charge in [-0.25, -0.2) is 24.4 Å². The van der Waals surface area contributed by atoms with E-state index in [1.807, 2.05) is 0 Å². The number of hydrogen-bond acceptors (Lipinski definition) is 12. The molecule has 0 aliphatic heterocycles. The van der Waals surface area contributed by atoms with Crippen molar-refractivity contribution in [2.45, 2.75) is 52.7 Å². The average molecular weight is 545 g/mol. The second-order valence-electron chi connectivity index (χ2n) is 9.77. The lowest BCUT2D eigenvalue weighted by molar-refractivity contribution is -0.142. The number of rotatable bonds is 16. The van der Waals surface area contributed by atoms with Gasteiger partial charge in [0.2, 0.25) is 0 Å². The molecular weight excluding hydrogens is 504 g/mol. The van der Waals surface area contributed by atoms with Crippen LogP contribution < -0.4 is 10.2 Å². The highest BCUT2D eigenvalue weighted by Crippen LogP contribution is 2.21. The van der Waals surface area contributed by atoms with Crippen LogP contribution in [-0.4, -0.2) is 104 Å². The summed E-state index contributed by atoms with van der Waals surface area (Å²) in [4.78, 5) is 44.7. The summed E-state index contributed by atoms with van der Waals surface area (Å²) in [5.41, 5.74) is -1.67. The van der Waals surface area contributed by atoms with Crippen LogP contribution in [0.2, 0.25) is 0 Å². The number of carboxylic acid groups (broad SMARTS) is 1. The van der Waals surface area contributed by atoms with E-state index in [0.717, 1.165) is 4.90 Å². The molecule has 0 unspecified atom stereocenters. The van der Waals surface area contributed by atoms with Gasteiger partial charge in [-0.3, -0.25) is 0 Å². The van der Waals surface area contributed by atoms with Crippen molar-refractivity contribution in [2.75, 3.05) is 69.6 Å². The molecule has 0 atom stereocenters. The van der Waals surface area contributed by atoms with Crippen LogP contribution in [0.1, 0.15) is 41.5 Å². The molecule has 2 N–H and O–H groups in total. The summed E-state index contributed by atoms with van der Waals surface area (Å²) in [7, 11) is 0. The topological polar surface area (TPSA) is 168 Å². The third-order valence-corrected chi connectivity index (χ3v) is 3.93. The summed E-state index contributed by atoms with van der Waals surface area (Å²) >= 11 is 0. The smallest absolute Gasteiger partial charge is 0.425 e. The Balaban J connectivity index is 2.42. The van der Waals surface area contributed by atoms with E-state index in [1.54, 1.807) is 41.5 Å². The minimum atomic E-state index is -1.02. The van der Waals surface area contributed by atoms with E-state index < -0.39 is 29.4 Å². The van der Waals surface area contributed by atoms with Gasteiger partial charge >= 0.3 is 18.2 Å². The summed E-state index contributed by atoms with van der Waals surface area (Å²) in [6, 6.07) is 1.43. The van der Waals surface area contributed by atoms with Gasteiger partial charge in [0.25, 0.3) is 0 Å². The van der Waals surface area contributed by atoms with Gasteiger partial charge in [-0.15, -0.1) is 0 Å². The van der Waals surface area contributed by atoms with Gasteiger partial charge in [0.1, 0.15) is 30.0 Å². The van der Waals surface area contributed by atoms with Crippen molar-refractivity contribution in [1.82, 2.24) is 9.97 Å². The normalized spacial score (nSPS) is 11.6. The maximum Gasteiger partial charge on any atom is 0.425 e. The maximum absolute atomic E-state index is 12.8. The molecule has 38 heavy (non-hydrogen) atoms. The van der Waals surface area contributed by atoms with Crippen molar-refractivity contribution in [3.05, 3.63) is 12.4 Å². The third kappa shape index (κ3) is 15.9. The molecule has 1 heterocycles. The van der Waals surface area contributed by atoms with Crippen LogP contribution in [-0.2, 0) is 33.2 Å². The van der Waals surface area contributed by atoms with Crippen molar-refractivity contribution in [3.63, 3.8) is 0 Å².